The van der Waals surface area contributed by atoms with Gasteiger partial charge in [-0.3, -0.25) is 9.59 Å². The highest BCUT2D eigenvalue weighted by Gasteiger charge is 2.24. The molecule has 0 saturated heterocycles. The molecular weight excluding hydrogens is 505 g/mol. The summed E-state index contributed by atoms with van der Waals surface area (Å²) in [7, 11) is -1.65. The molecule has 5 rings (SSSR count). The average Bonchev–Trinajstić information content (AvgIpc) is 3.37. The Morgan fingerprint density at radius 2 is 1.87 bits per heavy atom. The number of aromatic nitrogens is 2. The fourth-order valence-electron chi connectivity index (χ4n) is 4.39. The fraction of sp³-hybridized carbons (Fsp3) is 0.0357. The Morgan fingerprint density at radius 1 is 1.08 bits per heavy atom. The Morgan fingerprint density at radius 3 is 2.64 bits per heavy atom. The van der Waals surface area contributed by atoms with Gasteiger partial charge in [0.2, 0.25) is 5.78 Å². The fourth-order valence-corrected chi connectivity index (χ4v) is 4.39. The Hall–Kier alpha value is -4.87. The Labute approximate surface area is 221 Å². The number of aromatic amines is 1. The molecule has 0 atom stereocenters. The minimum Gasteiger partial charge on any atom is -0.423 e. The monoisotopic (exact) mass is 526 g/mol. The summed E-state index contributed by atoms with van der Waals surface area (Å²) in [5.41, 5.74) is 7.87. The minimum atomic E-state index is -1.65. The van der Waals surface area contributed by atoms with Gasteiger partial charge in [0.05, 0.1) is 11.3 Å². The molecule has 0 saturated carbocycles. The van der Waals surface area contributed by atoms with Crippen molar-refractivity contribution in [3.05, 3.63) is 107 Å². The van der Waals surface area contributed by atoms with Crippen molar-refractivity contribution in [1.82, 2.24) is 9.97 Å². The van der Waals surface area contributed by atoms with Gasteiger partial charge in [0.25, 0.3) is 0 Å². The molecule has 39 heavy (non-hydrogen) atoms. The van der Waals surface area contributed by atoms with Crippen LogP contribution in [0.1, 0.15) is 31.8 Å². The number of nitrogens with zero attached hydrogens (tertiary/aromatic N) is 1. The number of hydrogen-bond acceptors (Lipinski definition) is 7. The number of H-pyrrole nitrogens is 1. The molecule has 0 radical (unpaired) electrons. The molecule has 3 aromatic carbocycles. The van der Waals surface area contributed by atoms with Gasteiger partial charge < -0.3 is 26.1 Å². The third-order valence-corrected chi connectivity index (χ3v) is 6.44. The lowest BCUT2D eigenvalue weighted by molar-refractivity contribution is 0.103. The molecule has 6 N–H and O–H groups in total. The number of fused-ring (bicyclic) bond motifs is 1. The second kappa shape index (κ2) is 10.5. The van der Waals surface area contributed by atoms with Gasteiger partial charge in [0.1, 0.15) is 11.5 Å². The number of hydrogen-bond donors (Lipinski definition) is 5. The molecule has 0 aliphatic carbocycles. The van der Waals surface area contributed by atoms with Crippen molar-refractivity contribution in [3.8, 4) is 11.1 Å². The number of nitrogens with one attached hydrogen (secondary N) is 2. The number of nitrogens with two attached hydrogens (primary N) is 1. The van der Waals surface area contributed by atoms with E-state index in [2.05, 4.69) is 15.3 Å². The molecule has 11 heteroatoms. The molecule has 0 unspecified atom stereocenters. The Bertz CT molecular complexity index is 1740. The topological polar surface area (TPSA) is 141 Å². The zero-order chi connectivity index (χ0) is 27.7. The Kier molecular flexibility index (Phi) is 6.93. The van der Waals surface area contributed by atoms with Crippen LogP contribution >= 0.6 is 0 Å². The van der Waals surface area contributed by atoms with Gasteiger partial charge in [-0.2, -0.15) is 0 Å². The number of rotatable bonds is 8. The number of carbonyl (C=O) groups is 2. The average molecular weight is 526 g/mol. The van der Waals surface area contributed by atoms with Crippen molar-refractivity contribution in [3.63, 3.8) is 0 Å². The first-order valence-corrected chi connectivity index (χ1v) is 11.8. The van der Waals surface area contributed by atoms with Crippen LogP contribution in [0.3, 0.4) is 0 Å². The van der Waals surface area contributed by atoms with Crippen LogP contribution in [0.4, 0.5) is 20.2 Å². The lowest BCUT2D eigenvalue weighted by Gasteiger charge is -2.14. The second-order valence-electron chi connectivity index (χ2n) is 8.82. The molecule has 0 amide bonds. The van der Waals surface area contributed by atoms with E-state index < -0.39 is 30.1 Å². The van der Waals surface area contributed by atoms with Crippen molar-refractivity contribution in [1.29, 1.82) is 0 Å². The van der Waals surface area contributed by atoms with Crippen LogP contribution in [0.25, 0.3) is 22.2 Å². The molecule has 0 bridgehead atoms. The van der Waals surface area contributed by atoms with Crippen LogP contribution in [0.5, 0.6) is 0 Å². The zero-order valence-corrected chi connectivity index (χ0v) is 20.3. The van der Waals surface area contributed by atoms with Crippen LogP contribution in [0.15, 0.2) is 73.1 Å². The van der Waals surface area contributed by atoms with E-state index in [9.17, 15) is 28.4 Å². The summed E-state index contributed by atoms with van der Waals surface area (Å²) in [6, 6.07) is 15.5. The van der Waals surface area contributed by atoms with E-state index in [0.717, 1.165) is 12.1 Å². The number of pyridine rings is 1. The maximum absolute atomic E-state index is 14.6. The predicted octanol–water partition coefficient (Wildman–Crippen LogP) is 3.43. The highest BCUT2D eigenvalue weighted by Crippen LogP contribution is 2.30. The summed E-state index contributed by atoms with van der Waals surface area (Å²) in [6.07, 6.45) is 3.59. The largest absolute Gasteiger partial charge is 0.488 e. The number of ketones is 1. The summed E-state index contributed by atoms with van der Waals surface area (Å²) in [5, 5.41) is 22.8. The van der Waals surface area contributed by atoms with Crippen LogP contribution in [0, 0.1) is 11.6 Å². The first-order valence-electron chi connectivity index (χ1n) is 11.8. The van der Waals surface area contributed by atoms with E-state index >= 15 is 0 Å². The third kappa shape index (κ3) is 4.88. The van der Waals surface area contributed by atoms with Gasteiger partial charge in [-0.15, -0.1) is 0 Å². The third-order valence-electron chi connectivity index (χ3n) is 6.44. The van der Waals surface area contributed by atoms with Gasteiger partial charge in [0.15, 0.2) is 12.1 Å². The molecule has 8 nitrogen and oxygen atoms in total. The highest BCUT2D eigenvalue weighted by molar-refractivity contribution is 6.59. The lowest BCUT2D eigenvalue weighted by atomic mass is 9.77. The molecule has 5 aromatic rings. The maximum Gasteiger partial charge on any atom is 0.488 e. The van der Waals surface area contributed by atoms with E-state index in [1.54, 1.807) is 54.7 Å². The van der Waals surface area contributed by atoms with Crippen LogP contribution < -0.4 is 16.5 Å². The quantitative estimate of drug-likeness (QED) is 0.0903. The molecular formula is C28H21BF2N4O4. The Balaban J connectivity index is 1.51. The first-order chi connectivity index (χ1) is 18.8. The van der Waals surface area contributed by atoms with E-state index in [1.165, 1.54) is 6.20 Å². The summed E-state index contributed by atoms with van der Waals surface area (Å²) in [5.74, 6) is -3.04. The van der Waals surface area contributed by atoms with Crippen LogP contribution in [0.2, 0.25) is 0 Å². The van der Waals surface area contributed by atoms with E-state index in [0.29, 0.717) is 50.7 Å². The molecule has 194 valence electrons. The van der Waals surface area contributed by atoms with Crippen molar-refractivity contribution in [2.24, 2.45) is 0 Å². The first kappa shape index (κ1) is 25.8. The molecule has 0 aliphatic heterocycles. The highest BCUT2D eigenvalue weighted by atomic mass is 19.1. The number of benzene rings is 3. The van der Waals surface area contributed by atoms with Crippen LogP contribution in [-0.2, 0) is 6.54 Å². The summed E-state index contributed by atoms with van der Waals surface area (Å²) < 4.78 is 28.9. The number of aldehydes is 1. The van der Waals surface area contributed by atoms with Gasteiger partial charge in [-0.1, -0.05) is 30.3 Å². The number of anilines is 2. The van der Waals surface area contributed by atoms with Gasteiger partial charge in [-0.25, -0.2) is 13.8 Å². The molecule has 2 aromatic heterocycles. The van der Waals surface area contributed by atoms with E-state index in [1.807, 2.05) is 0 Å². The number of nitrogen functional groups attached to an aromatic ring is 1. The van der Waals surface area contributed by atoms with Gasteiger partial charge in [-0.05, 0) is 46.9 Å². The van der Waals surface area contributed by atoms with Crippen molar-refractivity contribution in [2.75, 3.05) is 11.1 Å². The summed E-state index contributed by atoms with van der Waals surface area (Å²) >= 11 is 0. The molecule has 0 fully saturated rings. The maximum atomic E-state index is 14.6. The van der Waals surface area contributed by atoms with Gasteiger partial charge in [0, 0.05) is 46.7 Å². The van der Waals surface area contributed by atoms with E-state index in [4.69, 9.17) is 5.73 Å². The smallest absolute Gasteiger partial charge is 0.423 e. The summed E-state index contributed by atoms with van der Waals surface area (Å²) in [4.78, 5) is 32.0. The number of carbonyl (C=O) groups excluding carboxylic acids is 2. The summed E-state index contributed by atoms with van der Waals surface area (Å²) in [6.45, 7) is 0.211. The minimum absolute atomic E-state index is 0.0183. The van der Waals surface area contributed by atoms with Crippen molar-refractivity contribution >= 4 is 47.1 Å². The number of halogens is 2. The second-order valence-corrected chi connectivity index (χ2v) is 8.82. The molecule has 0 spiro atoms. The SMILES string of the molecule is Nc1ccc(F)c(C(=O)c2c[nH]c3ncc(-c4ccc(C=O)c(NCc5ccccc5B(O)O)c4)cc23)c1F. The predicted molar refractivity (Wildman–Crippen MR) is 145 cm³/mol. The van der Waals surface area contributed by atoms with Crippen molar-refractivity contribution in [2.45, 2.75) is 6.54 Å². The van der Waals surface area contributed by atoms with Crippen LogP contribution in [-0.4, -0.2) is 39.2 Å². The molecule has 2 heterocycles. The van der Waals surface area contributed by atoms with Crippen molar-refractivity contribution < 1.29 is 28.4 Å². The van der Waals surface area contributed by atoms with Gasteiger partial charge >= 0.3 is 7.12 Å². The molecule has 0 aliphatic rings. The zero-order valence-electron chi connectivity index (χ0n) is 20.3. The van der Waals surface area contributed by atoms with E-state index in [-0.39, 0.29) is 17.8 Å². The standard InChI is InChI=1S/C28H21BF2N4O4/c30-22-7-8-23(32)26(31)25(22)27(37)20-13-35-28-19(20)9-18(12-34-28)15-5-6-17(14-36)24(10-15)33-11-16-3-1-2-4-21(16)29(38)39/h1-10,12-14,33,38-39H,11,32H2,(H,34,35). The lowest BCUT2D eigenvalue weighted by Crippen LogP contribution is -2.33. The normalized spacial score (nSPS) is 11.0.